The Balaban J connectivity index is 1.82. The maximum Gasteiger partial charge on any atom is 0.267 e. The summed E-state index contributed by atoms with van der Waals surface area (Å²) in [6, 6.07) is 8.70. The molecule has 2 unspecified atom stereocenters. The average molecular weight is 557 g/mol. The van der Waals surface area contributed by atoms with Gasteiger partial charge in [0, 0.05) is 37.0 Å². The average Bonchev–Trinajstić information content (AvgIpc) is 3.34. The molecule has 0 aliphatic carbocycles. The zero-order valence-electron chi connectivity index (χ0n) is 22.5. The summed E-state index contributed by atoms with van der Waals surface area (Å²) in [5.74, 6) is -1.39. The lowest BCUT2D eigenvalue weighted by atomic mass is 9.85. The summed E-state index contributed by atoms with van der Waals surface area (Å²) < 4.78 is 48.2. The highest BCUT2D eigenvalue weighted by Gasteiger charge is 2.42. The highest BCUT2D eigenvalue weighted by molar-refractivity contribution is 7.92. The van der Waals surface area contributed by atoms with E-state index in [1.54, 1.807) is 50.5 Å². The van der Waals surface area contributed by atoms with Gasteiger partial charge in [0.2, 0.25) is 15.9 Å². The molecule has 208 valence electrons. The van der Waals surface area contributed by atoms with Crippen LogP contribution in [0.15, 0.2) is 54.4 Å². The van der Waals surface area contributed by atoms with Gasteiger partial charge in [0.1, 0.15) is 11.8 Å². The maximum absolute atomic E-state index is 15.0. The highest BCUT2D eigenvalue weighted by Crippen LogP contribution is 2.42. The van der Waals surface area contributed by atoms with Crippen LogP contribution in [-0.4, -0.2) is 50.5 Å². The summed E-state index contributed by atoms with van der Waals surface area (Å²) in [5, 5.41) is 5.74. The molecule has 4 rings (SSSR count). The Hall–Kier alpha value is -3.86. The van der Waals surface area contributed by atoms with E-state index in [1.165, 1.54) is 24.0 Å². The first-order valence-electron chi connectivity index (χ1n) is 12.8. The second-order valence-corrected chi connectivity index (χ2v) is 11.8. The molecule has 0 saturated heterocycles. The van der Waals surface area contributed by atoms with Crippen LogP contribution in [0.1, 0.15) is 44.7 Å². The van der Waals surface area contributed by atoms with Gasteiger partial charge in [-0.05, 0) is 67.3 Å². The van der Waals surface area contributed by atoms with Crippen LogP contribution in [0.4, 0.5) is 10.1 Å². The molecule has 2 aliphatic heterocycles. The third kappa shape index (κ3) is 5.93. The van der Waals surface area contributed by atoms with Crippen molar-refractivity contribution >= 4 is 33.1 Å². The number of rotatable bonds is 9. The predicted molar refractivity (Wildman–Crippen MR) is 148 cm³/mol. The van der Waals surface area contributed by atoms with Crippen LogP contribution in [0.25, 0.3) is 5.57 Å². The summed E-state index contributed by atoms with van der Waals surface area (Å²) >= 11 is 0. The van der Waals surface area contributed by atoms with E-state index in [9.17, 15) is 18.0 Å². The van der Waals surface area contributed by atoms with Crippen molar-refractivity contribution in [2.45, 2.75) is 39.7 Å². The molecule has 2 aliphatic rings. The number of fused-ring (bicyclic) bond motifs is 1. The lowest BCUT2D eigenvalue weighted by Gasteiger charge is -2.32. The number of hydrogen-bond donors (Lipinski definition) is 3. The van der Waals surface area contributed by atoms with Crippen LogP contribution in [0.3, 0.4) is 0 Å². The highest BCUT2D eigenvalue weighted by atomic mass is 32.2. The molecule has 11 heteroatoms. The number of likely N-dealkylation sites (N-methyl/N-ethyl adjacent to an activating group) is 2. The number of halogens is 1. The predicted octanol–water partition coefficient (Wildman–Crippen LogP) is 3.92. The molecule has 2 aromatic rings. The van der Waals surface area contributed by atoms with Crippen LogP contribution in [0, 0.1) is 11.7 Å². The second kappa shape index (κ2) is 11.1. The Morgan fingerprint density at radius 3 is 2.51 bits per heavy atom. The number of nitrogens with one attached hydrogen (secondary N) is 3. The number of carbonyl (C=O) groups is 2. The number of amides is 2. The number of sulfonamides is 1. The summed E-state index contributed by atoms with van der Waals surface area (Å²) in [7, 11) is -1.99. The van der Waals surface area contributed by atoms with Crippen molar-refractivity contribution in [3.8, 4) is 11.5 Å². The van der Waals surface area contributed by atoms with Crippen LogP contribution in [0.2, 0.25) is 0 Å². The molecule has 0 fully saturated rings. The van der Waals surface area contributed by atoms with Gasteiger partial charge in [-0.2, -0.15) is 0 Å². The molecule has 0 saturated carbocycles. The number of carbonyl (C=O) groups excluding carboxylic acids is 2. The summed E-state index contributed by atoms with van der Waals surface area (Å²) in [5.41, 5.74) is 2.42. The maximum atomic E-state index is 15.0. The Morgan fingerprint density at radius 1 is 1.15 bits per heavy atom. The van der Waals surface area contributed by atoms with Gasteiger partial charge in [-0.25, -0.2) is 12.8 Å². The molecule has 0 aromatic heterocycles. The quantitative estimate of drug-likeness (QED) is 0.431. The molecule has 0 bridgehead atoms. The van der Waals surface area contributed by atoms with E-state index >= 15 is 4.39 Å². The van der Waals surface area contributed by atoms with Crippen molar-refractivity contribution < 1.29 is 27.1 Å². The van der Waals surface area contributed by atoms with Gasteiger partial charge in [0.25, 0.3) is 5.91 Å². The van der Waals surface area contributed by atoms with E-state index in [0.29, 0.717) is 17.7 Å². The van der Waals surface area contributed by atoms with Crippen LogP contribution < -0.4 is 20.1 Å². The second-order valence-electron chi connectivity index (χ2n) is 9.78. The third-order valence-corrected chi connectivity index (χ3v) is 8.00. The van der Waals surface area contributed by atoms with E-state index in [1.807, 2.05) is 13.8 Å². The standard InChI is InChI=1S/C28H33FN4O5S/c1-6-30-27(34)23-14-20-21(15-33(5)28(35)26(20)31-23)19-13-18(32-39(36,37)7-2)9-11-24(19)38-25-10-8-17(16(3)4)12-22(25)29/h8-16,20,26,31-32H,6-7H2,1-5H3,(H,30,34). The minimum Gasteiger partial charge on any atom is -0.454 e. The third-order valence-electron chi connectivity index (χ3n) is 6.69. The monoisotopic (exact) mass is 556 g/mol. The molecular formula is C28H33FN4O5S. The van der Waals surface area contributed by atoms with Crippen molar-refractivity contribution in [2.75, 3.05) is 24.1 Å². The largest absolute Gasteiger partial charge is 0.454 e. The van der Waals surface area contributed by atoms with E-state index < -0.39 is 27.8 Å². The Morgan fingerprint density at radius 2 is 1.87 bits per heavy atom. The van der Waals surface area contributed by atoms with Crippen LogP contribution in [-0.2, 0) is 19.6 Å². The minimum atomic E-state index is -3.59. The van der Waals surface area contributed by atoms with Gasteiger partial charge in [-0.3, -0.25) is 14.3 Å². The number of nitrogens with zero attached hydrogens (tertiary/aromatic N) is 1. The Kier molecular flexibility index (Phi) is 8.01. The lowest BCUT2D eigenvalue weighted by Crippen LogP contribution is -2.48. The fourth-order valence-electron chi connectivity index (χ4n) is 4.53. The molecule has 2 atom stereocenters. The zero-order chi connectivity index (χ0) is 28.5. The van der Waals surface area contributed by atoms with E-state index in [4.69, 9.17) is 4.74 Å². The molecule has 2 heterocycles. The number of ether oxygens (including phenoxy) is 1. The SMILES string of the molecule is CCNC(=O)C1=CC2C(c3cc(NS(=O)(=O)CC)ccc3Oc3ccc(C(C)C)cc3F)=CN(C)C(=O)C2N1. The van der Waals surface area contributed by atoms with Crippen molar-refractivity contribution in [1.82, 2.24) is 15.5 Å². The normalized spacial score (nSPS) is 18.7. The smallest absolute Gasteiger partial charge is 0.267 e. The number of anilines is 1. The van der Waals surface area contributed by atoms with Gasteiger partial charge < -0.3 is 20.3 Å². The molecule has 0 radical (unpaired) electrons. The fourth-order valence-corrected chi connectivity index (χ4v) is 5.16. The summed E-state index contributed by atoms with van der Waals surface area (Å²) in [4.78, 5) is 27.0. The number of hydrogen-bond acceptors (Lipinski definition) is 6. The van der Waals surface area contributed by atoms with Gasteiger partial charge >= 0.3 is 0 Å². The molecule has 3 N–H and O–H groups in total. The summed E-state index contributed by atoms with van der Waals surface area (Å²) in [6.45, 7) is 7.67. The van der Waals surface area contributed by atoms with Crippen molar-refractivity contribution in [2.24, 2.45) is 5.92 Å². The van der Waals surface area contributed by atoms with Crippen molar-refractivity contribution in [3.63, 3.8) is 0 Å². The van der Waals surface area contributed by atoms with Crippen LogP contribution in [0.5, 0.6) is 11.5 Å². The van der Waals surface area contributed by atoms with Gasteiger partial charge in [-0.15, -0.1) is 0 Å². The zero-order valence-corrected chi connectivity index (χ0v) is 23.4. The fraction of sp³-hybridized carbons (Fsp3) is 0.357. The molecule has 9 nitrogen and oxygen atoms in total. The lowest BCUT2D eigenvalue weighted by molar-refractivity contribution is -0.130. The molecule has 2 aromatic carbocycles. The van der Waals surface area contributed by atoms with Crippen molar-refractivity contribution in [1.29, 1.82) is 0 Å². The molecule has 39 heavy (non-hydrogen) atoms. The van der Waals surface area contributed by atoms with E-state index in [2.05, 4.69) is 15.4 Å². The molecular weight excluding hydrogens is 523 g/mol. The molecule has 0 spiro atoms. The summed E-state index contributed by atoms with van der Waals surface area (Å²) in [6.07, 6.45) is 3.30. The minimum absolute atomic E-state index is 0.00281. The number of benzene rings is 2. The topological polar surface area (TPSA) is 117 Å². The van der Waals surface area contributed by atoms with Gasteiger partial charge in [0.15, 0.2) is 11.6 Å². The van der Waals surface area contributed by atoms with E-state index in [-0.39, 0.29) is 46.4 Å². The first-order valence-corrected chi connectivity index (χ1v) is 14.5. The van der Waals surface area contributed by atoms with Crippen molar-refractivity contribution in [3.05, 3.63) is 71.3 Å². The first-order chi connectivity index (χ1) is 18.4. The Labute approximate surface area is 228 Å². The molecule has 2 amide bonds. The van der Waals surface area contributed by atoms with Crippen LogP contribution >= 0.6 is 0 Å². The van der Waals surface area contributed by atoms with Gasteiger partial charge in [0.05, 0.1) is 11.4 Å². The van der Waals surface area contributed by atoms with Gasteiger partial charge in [-0.1, -0.05) is 19.9 Å². The first kappa shape index (κ1) is 28.2. The van der Waals surface area contributed by atoms with E-state index in [0.717, 1.165) is 5.56 Å². The Bertz CT molecular complexity index is 1470.